The van der Waals surface area contributed by atoms with Gasteiger partial charge in [-0.05, 0) is 6.42 Å². The molecule has 1 fully saturated rings. The summed E-state index contributed by atoms with van der Waals surface area (Å²) in [7, 11) is 1.35. The number of carbonyl (C=O) groups excluding carboxylic acids is 1. The van der Waals surface area contributed by atoms with Crippen LogP contribution in [0.4, 0.5) is 13.2 Å². The van der Waals surface area contributed by atoms with Crippen LogP contribution in [0.25, 0.3) is 0 Å². The van der Waals surface area contributed by atoms with Gasteiger partial charge in [0.2, 0.25) is 0 Å². The van der Waals surface area contributed by atoms with E-state index >= 15 is 0 Å². The van der Waals surface area contributed by atoms with Gasteiger partial charge in [-0.2, -0.15) is 13.2 Å². The van der Waals surface area contributed by atoms with Gasteiger partial charge in [0.1, 0.15) is 6.04 Å². The largest absolute Gasteiger partial charge is 0.480 e. The molecule has 8 heteroatoms. The van der Waals surface area contributed by atoms with Gasteiger partial charge in [-0.15, -0.1) is 0 Å². The number of methoxy groups -OCH3 is 1. The van der Waals surface area contributed by atoms with Gasteiger partial charge in [-0.25, -0.2) is 4.79 Å². The highest BCUT2D eigenvalue weighted by atomic mass is 19.4. The summed E-state index contributed by atoms with van der Waals surface area (Å²) in [5.74, 6) is -3.57. The summed E-state index contributed by atoms with van der Waals surface area (Å²) in [4.78, 5) is 22.2. The highest BCUT2D eigenvalue weighted by Crippen LogP contribution is 2.26. The van der Waals surface area contributed by atoms with Crippen LogP contribution in [0.15, 0.2) is 0 Å². The number of halogens is 3. The number of hydrogen-bond acceptors (Lipinski definition) is 3. The molecule has 1 aliphatic heterocycles. The van der Waals surface area contributed by atoms with Crippen LogP contribution in [0, 0.1) is 0 Å². The van der Waals surface area contributed by atoms with E-state index < -0.39 is 30.2 Å². The third-order valence-corrected chi connectivity index (χ3v) is 2.68. The second-order valence-corrected chi connectivity index (χ2v) is 3.73. The predicted octanol–water partition coefficient (Wildman–Crippen LogP) is 0.639. The fourth-order valence-corrected chi connectivity index (χ4v) is 1.79. The van der Waals surface area contributed by atoms with E-state index in [4.69, 9.17) is 9.84 Å². The molecular weight excluding hydrogens is 243 g/mol. The molecule has 1 N–H and O–H groups in total. The third-order valence-electron chi connectivity index (χ3n) is 2.68. The second-order valence-electron chi connectivity index (χ2n) is 3.73. The topological polar surface area (TPSA) is 66.8 Å². The molecule has 0 aliphatic carbocycles. The number of piperidine rings is 1. The molecule has 0 spiro atoms. The Hall–Kier alpha value is -1.31. The number of carboxylic acid groups (broad SMARTS) is 1. The highest BCUT2D eigenvalue weighted by Gasteiger charge is 2.48. The maximum absolute atomic E-state index is 12.2. The minimum absolute atomic E-state index is 0.131. The molecule has 2 atom stereocenters. The number of likely N-dealkylation sites (tertiary alicyclic amines) is 1. The van der Waals surface area contributed by atoms with Crippen molar-refractivity contribution in [3.8, 4) is 0 Å². The number of alkyl halides is 3. The normalized spacial score (nSPS) is 25.8. The van der Waals surface area contributed by atoms with Gasteiger partial charge in [-0.3, -0.25) is 4.79 Å². The Morgan fingerprint density at radius 3 is 2.41 bits per heavy atom. The predicted molar refractivity (Wildman–Crippen MR) is 49.2 cm³/mol. The number of carboxylic acids is 1. The Bertz CT molecular complexity index is 318. The summed E-state index contributed by atoms with van der Waals surface area (Å²) in [6.45, 7) is -0.270. The number of amides is 1. The SMILES string of the molecule is COC1CCN(C(=O)C(F)(F)F)C(C(=O)O)C1. The van der Waals surface area contributed by atoms with E-state index in [-0.39, 0.29) is 19.4 Å². The molecule has 98 valence electrons. The van der Waals surface area contributed by atoms with Crippen molar-refractivity contribution in [1.29, 1.82) is 0 Å². The maximum Gasteiger partial charge on any atom is 0.471 e. The molecule has 0 saturated carbocycles. The Balaban J connectivity index is 2.84. The van der Waals surface area contributed by atoms with Crippen molar-refractivity contribution in [2.75, 3.05) is 13.7 Å². The highest BCUT2D eigenvalue weighted by molar-refractivity contribution is 5.87. The standard InChI is InChI=1S/C9H12F3NO4/c1-17-5-2-3-13(6(4-5)7(14)15)8(16)9(10,11)12/h5-6H,2-4H2,1H3,(H,14,15). The molecule has 2 unspecified atom stereocenters. The van der Waals surface area contributed by atoms with Gasteiger partial charge in [0.25, 0.3) is 0 Å². The van der Waals surface area contributed by atoms with Crippen LogP contribution >= 0.6 is 0 Å². The summed E-state index contributed by atoms with van der Waals surface area (Å²) >= 11 is 0. The maximum atomic E-state index is 12.2. The van der Waals surface area contributed by atoms with E-state index in [0.29, 0.717) is 4.90 Å². The summed E-state index contributed by atoms with van der Waals surface area (Å²) in [5, 5.41) is 8.82. The van der Waals surface area contributed by atoms with Crippen molar-refractivity contribution in [2.24, 2.45) is 0 Å². The molecule has 0 aromatic carbocycles. The molecule has 1 aliphatic rings. The van der Waals surface area contributed by atoms with Gasteiger partial charge < -0.3 is 14.7 Å². The van der Waals surface area contributed by atoms with Crippen LogP contribution in [0.5, 0.6) is 0 Å². The fraction of sp³-hybridized carbons (Fsp3) is 0.778. The lowest BCUT2D eigenvalue weighted by molar-refractivity contribution is -0.193. The minimum atomic E-state index is -5.05. The first-order chi connectivity index (χ1) is 7.77. The zero-order valence-electron chi connectivity index (χ0n) is 9.03. The van der Waals surface area contributed by atoms with E-state index in [0.717, 1.165) is 0 Å². The first-order valence-electron chi connectivity index (χ1n) is 4.90. The van der Waals surface area contributed by atoms with Gasteiger partial charge in [0.15, 0.2) is 0 Å². The van der Waals surface area contributed by atoms with E-state index in [2.05, 4.69) is 0 Å². The van der Waals surface area contributed by atoms with E-state index in [1.807, 2.05) is 0 Å². The van der Waals surface area contributed by atoms with E-state index in [1.165, 1.54) is 7.11 Å². The van der Waals surface area contributed by atoms with E-state index in [1.54, 1.807) is 0 Å². The number of carbonyl (C=O) groups is 2. The van der Waals surface area contributed by atoms with Crippen LogP contribution in [0.2, 0.25) is 0 Å². The van der Waals surface area contributed by atoms with Crippen molar-refractivity contribution in [3.05, 3.63) is 0 Å². The average molecular weight is 255 g/mol. The molecule has 1 saturated heterocycles. The summed E-state index contributed by atoms with van der Waals surface area (Å²) in [6, 6.07) is -1.48. The molecular formula is C9H12F3NO4. The summed E-state index contributed by atoms with van der Waals surface area (Å²) < 4.78 is 41.6. The van der Waals surface area contributed by atoms with Crippen LogP contribution in [0.3, 0.4) is 0 Å². The number of rotatable bonds is 2. The molecule has 1 rings (SSSR count). The van der Waals surface area contributed by atoms with Crippen LogP contribution in [-0.4, -0.2) is 53.9 Å². The van der Waals surface area contributed by atoms with Crippen molar-refractivity contribution in [2.45, 2.75) is 31.2 Å². The Labute approximate surface area is 95.1 Å². The number of ether oxygens (including phenoxy) is 1. The monoisotopic (exact) mass is 255 g/mol. The van der Waals surface area contributed by atoms with Crippen molar-refractivity contribution in [3.63, 3.8) is 0 Å². The number of aliphatic carboxylic acids is 1. The second kappa shape index (κ2) is 4.91. The Morgan fingerprint density at radius 1 is 1.41 bits per heavy atom. The first-order valence-corrected chi connectivity index (χ1v) is 4.90. The van der Waals surface area contributed by atoms with Crippen molar-refractivity contribution >= 4 is 11.9 Å². The van der Waals surface area contributed by atoms with Crippen LogP contribution in [0.1, 0.15) is 12.8 Å². The van der Waals surface area contributed by atoms with Crippen LogP contribution in [-0.2, 0) is 14.3 Å². The first kappa shape index (κ1) is 13.8. The quantitative estimate of drug-likeness (QED) is 0.786. The number of nitrogens with zero attached hydrogens (tertiary/aromatic N) is 1. The molecule has 0 bridgehead atoms. The molecule has 17 heavy (non-hydrogen) atoms. The minimum Gasteiger partial charge on any atom is -0.480 e. The lowest BCUT2D eigenvalue weighted by Gasteiger charge is -2.36. The molecule has 0 aromatic heterocycles. The van der Waals surface area contributed by atoms with Crippen LogP contribution < -0.4 is 0 Å². The molecule has 0 radical (unpaired) electrons. The lowest BCUT2D eigenvalue weighted by Crippen LogP contribution is -2.55. The Kier molecular flexibility index (Phi) is 3.97. The van der Waals surface area contributed by atoms with Gasteiger partial charge in [0, 0.05) is 20.1 Å². The fourth-order valence-electron chi connectivity index (χ4n) is 1.79. The number of hydrogen-bond donors (Lipinski definition) is 1. The van der Waals surface area contributed by atoms with Crippen molar-refractivity contribution in [1.82, 2.24) is 4.90 Å². The van der Waals surface area contributed by atoms with Gasteiger partial charge >= 0.3 is 18.1 Å². The van der Waals surface area contributed by atoms with Crippen molar-refractivity contribution < 1.29 is 32.6 Å². The summed E-state index contributed by atoms with van der Waals surface area (Å²) in [6.07, 6.45) is -5.42. The molecule has 1 heterocycles. The van der Waals surface area contributed by atoms with Gasteiger partial charge in [0.05, 0.1) is 6.10 Å². The zero-order valence-corrected chi connectivity index (χ0v) is 9.03. The lowest BCUT2D eigenvalue weighted by atomic mass is 9.99. The Morgan fingerprint density at radius 2 is 2.00 bits per heavy atom. The molecule has 5 nitrogen and oxygen atoms in total. The molecule has 1 amide bonds. The van der Waals surface area contributed by atoms with E-state index in [9.17, 15) is 22.8 Å². The van der Waals surface area contributed by atoms with Gasteiger partial charge in [-0.1, -0.05) is 0 Å². The zero-order chi connectivity index (χ0) is 13.2. The molecule has 0 aromatic rings. The smallest absolute Gasteiger partial charge is 0.471 e. The summed E-state index contributed by atoms with van der Waals surface area (Å²) in [5.41, 5.74) is 0. The average Bonchev–Trinajstić information content (AvgIpc) is 2.25. The third kappa shape index (κ3) is 3.09.